The predicted molar refractivity (Wildman–Crippen MR) is 81.3 cm³/mol. The zero-order valence-electron chi connectivity index (χ0n) is 13.0. The number of hydrogen-bond acceptors (Lipinski definition) is 4. The van der Waals surface area contributed by atoms with Crippen LogP contribution in [0.5, 0.6) is 0 Å². The number of ether oxygens (including phenoxy) is 1. The van der Waals surface area contributed by atoms with Crippen LogP contribution in [0.15, 0.2) is 30.3 Å². The zero-order valence-corrected chi connectivity index (χ0v) is 13.0. The molecule has 128 valence electrons. The lowest BCUT2D eigenvalue weighted by atomic mass is 10.3. The summed E-state index contributed by atoms with van der Waals surface area (Å²) in [4.78, 5) is 13.4. The van der Waals surface area contributed by atoms with Crippen molar-refractivity contribution in [3.05, 3.63) is 41.8 Å². The number of nitrogens with zero attached hydrogens (tertiary/aromatic N) is 3. The molecule has 0 bridgehead atoms. The Kier molecular flexibility index (Phi) is 4.21. The van der Waals surface area contributed by atoms with E-state index in [1.807, 2.05) is 0 Å². The second-order valence-corrected chi connectivity index (χ2v) is 5.52. The number of esters is 1. The van der Waals surface area contributed by atoms with Crippen molar-refractivity contribution in [1.29, 1.82) is 0 Å². The Bertz CT molecular complexity index is 744. The highest BCUT2D eigenvalue weighted by atomic mass is 19.3. The van der Waals surface area contributed by atoms with E-state index in [1.165, 1.54) is 39.9 Å². The number of carbonyl (C=O) groups is 1. The molecular formula is C16H16F3N3O2. The number of benzene rings is 1. The van der Waals surface area contributed by atoms with Gasteiger partial charge in [0, 0.05) is 19.0 Å². The molecule has 0 amide bonds. The molecule has 8 heteroatoms. The molecule has 0 unspecified atom stereocenters. The summed E-state index contributed by atoms with van der Waals surface area (Å²) < 4.78 is 46.5. The molecule has 3 rings (SSSR count). The second kappa shape index (κ2) is 6.18. The topological polar surface area (TPSA) is 47.4 Å². The number of hydrogen-bond donors (Lipinski definition) is 0. The Labute approximate surface area is 136 Å². The molecule has 0 saturated carbocycles. The number of anilines is 1. The highest BCUT2D eigenvalue weighted by molar-refractivity contribution is 5.88. The molecule has 1 aromatic carbocycles. The first-order valence-electron chi connectivity index (χ1n) is 7.55. The van der Waals surface area contributed by atoms with Gasteiger partial charge in [0.1, 0.15) is 11.6 Å². The fourth-order valence-electron chi connectivity index (χ4n) is 2.61. The van der Waals surface area contributed by atoms with E-state index >= 15 is 0 Å². The summed E-state index contributed by atoms with van der Waals surface area (Å²) in [5, 5.41) is 4.15. The molecule has 0 radical (unpaired) electrons. The van der Waals surface area contributed by atoms with E-state index in [-0.39, 0.29) is 25.3 Å². The highest BCUT2D eigenvalue weighted by Crippen LogP contribution is 2.32. The van der Waals surface area contributed by atoms with Crippen LogP contribution in [-0.2, 0) is 4.74 Å². The van der Waals surface area contributed by atoms with E-state index in [1.54, 1.807) is 6.92 Å². The normalized spacial score (nSPS) is 16.4. The van der Waals surface area contributed by atoms with Gasteiger partial charge < -0.3 is 9.64 Å². The van der Waals surface area contributed by atoms with Crippen molar-refractivity contribution in [2.75, 3.05) is 24.6 Å². The lowest BCUT2D eigenvalue weighted by Gasteiger charge is -2.19. The van der Waals surface area contributed by atoms with Gasteiger partial charge in [0.05, 0.1) is 18.8 Å². The van der Waals surface area contributed by atoms with Crippen molar-refractivity contribution < 1.29 is 22.7 Å². The molecular weight excluding hydrogens is 323 g/mol. The van der Waals surface area contributed by atoms with Crippen LogP contribution in [0, 0.1) is 5.82 Å². The van der Waals surface area contributed by atoms with Gasteiger partial charge in [-0.1, -0.05) is 0 Å². The lowest BCUT2D eigenvalue weighted by molar-refractivity contribution is 0.0256. The SMILES string of the molecule is CCOC(=O)c1cc(N2CCC(F)(F)C2)n(-c2ccc(F)cc2)n1. The quantitative estimate of drug-likeness (QED) is 0.804. The second-order valence-electron chi connectivity index (χ2n) is 5.52. The molecule has 0 N–H and O–H groups in total. The maximum absolute atomic E-state index is 13.5. The number of halogens is 3. The summed E-state index contributed by atoms with van der Waals surface area (Å²) in [5.74, 6) is -3.50. The Morgan fingerprint density at radius 3 is 2.62 bits per heavy atom. The largest absolute Gasteiger partial charge is 0.461 e. The minimum absolute atomic E-state index is 0.0198. The van der Waals surface area contributed by atoms with Gasteiger partial charge in [0.25, 0.3) is 5.92 Å². The summed E-state index contributed by atoms with van der Waals surface area (Å²) in [6, 6.07) is 6.83. The van der Waals surface area contributed by atoms with Crippen molar-refractivity contribution in [3.63, 3.8) is 0 Å². The van der Waals surface area contributed by atoms with Gasteiger partial charge in [-0.3, -0.25) is 0 Å². The summed E-state index contributed by atoms with van der Waals surface area (Å²) in [5.41, 5.74) is 0.489. The molecule has 1 aromatic heterocycles. The maximum Gasteiger partial charge on any atom is 0.358 e. The standard InChI is InChI=1S/C16H16F3N3O2/c1-2-24-15(23)13-9-14(21-8-7-16(18,19)10-21)22(20-13)12-5-3-11(17)4-6-12/h3-6,9H,2,7-8,10H2,1H3. The number of carbonyl (C=O) groups excluding carboxylic acids is 1. The Morgan fingerprint density at radius 1 is 1.33 bits per heavy atom. The van der Waals surface area contributed by atoms with Gasteiger partial charge in [-0.2, -0.15) is 5.10 Å². The first-order chi connectivity index (χ1) is 11.4. The van der Waals surface area contributed by atoms with E-state index in [4.69, 9.17) is 4.74 Å². The fraction of sp³-hybridized carbons (Fsp3) is 0.375. The lowest BCUT2D eigenvalue weighted by Crippen LogP contribution is -2.26. The van der Waals surface area contributed by atoms with Crippen LogP contribution in [0.4, 0.5) is 19.0 Å². The molecule has 1 aliphatic heterocycles. The van der Waals surface area contributed by atoms with E-state index in [9.17, 15) is 18.0 Å². The minimum atomic E-state index is -2.79. The Balaban J connectivity index is 2.01. The summed E-state index contributed by atoms with van der Waals surface area (Å²) in [6.07, 6.45) is -0.268. The number of aromatic nitrogens is 2. The van der Waals surface area contributed by atoms with E-state index in [2.05, 4.69) is 5.10 Å². The maximum atomic E-state index is 13.5. The summed E-state index contributed by atoms with van der Waals surface area (Å²) >= 11 is 0. The van der Waals surface area contributed by atoms with Crippen molar-refractivity contribution in [2.45, 2.75) is 19.3 Å². The molecule has 2 aromatic rings. The highest BCUT2D eigenvalue weighted by Gasteiger charge is 2.39. The molecule has 0 spiro atoms. The van der Waals surface area contributed by atoms with Crippen molar-refractivity contribution in [2.24, 2.45) is 0 Å². The molecule has 2 heterocycles. The van der Waals surface area contributed by atoms with Crippen LogP contribution in [0.3, 0.4) is 0 Å². The van der Waals surface area contributed by atoms with Gasteiger partial charge in [0.2, 0.25) is 0 Å². The van der Waals surface area contributed by atoms with Gasteiger partial charge in [0.15, 0.2) is 5.69 Å². The van der Waals surface area contributed by atoms with Crippen LogP contribution < -0.4 is 4.90 Å². The van der Waals surface area contributed by atoms with Crippen molar-refractivity contribution >= 4 is 11.8 Å². The zero-order chi connectivity index (χ0) is 17.3. The van der Waals surface area contributed by atoms with Crippen LogP contribution in [0.25, 0.3) is 5.69 Å². The third-order valence-electron chi connectivity index (χ3n) is 3.74. The average Bonchev–Trinajstić information content (AvgIpc) is 3.12. The summed E-state index contributed by atoms with van der Waals surface area (Å²) in [7, 11) is 0. The third-order valence-corrected chi connectivity index (χ3v) is 3.74. The first kappa shape index (κ1) is 16.4. The number of rotatable bonds is 4. The third kappa shape index (κ3) is 3.22. The summed E-state index contributed by atoms with van der Waals surface area (Å²) in [6.45, 7) is 1.53. The average molecular weight is 339 g/mol. The monoisotopic (exact) mass is 339 g/mol. The Morgan fingerprint density at radius 2 is 2.04 bits per heavy atom. The van der Waals surface area contributed by atoms with Crippen molar-refractivity contribution in [1.82, 2.24) is 9.78 Å². The molecule has 0 aliphatic carbocycles. The first-order valence-corrected chi connectivity index (χ1v) is 7.55. The fourth-order valence-corrected chi connectivity index (χ4v) is 2.61. The molecule has 0 atom stereocenters. The van der Waals surface area contributed by atoms with E-state index in [0.29, 0.717) is 11.5 Å². The van der Waals surface area contributed by atoms with E-state index < -0.39 is 24.3 Å². The Hall–Kier alpha value is -2.51. The molecule has 1 aliphatic rings. The minimum Gasteiger partial charge on any atom is -0.461 e. The van der Waals surface area contributed by atoms with Crippen LogP contribution >= 0.6 is 0 Å². The van der Waals surface area contributed by atoms with Crippen LogP contribution in [-0.4, -0.2) is 41.4 Å². The van der Waals surface area contributed by atoms with Gasteiger partial charge in [-0.25, -0.2) is 22.6 Å². The smallest absolute Gasteiger partial charge is 0.358 e. The molecule has 1 saturated heterocycles. The number of alkyl halides is 2. The van der Waals surface area contributed by atoms with Gasteiger partial charge in [-0.05, 0) is 31.2 Å². The molecule has 5 nitrogen and oxygen atoms in total. The van der Waals surface area contributed by atoms with Gasteiger partial charge in [-0.15, -0.1) is 0 Å². The van der Waals surface area contributed by atoms with Crippen molar-refractivity contribution in [3.8, 4) is 5.69 Å². The van der Waals surface area contributed by atoms with Crippen LogP contribution in [0.2, 0.25) is 0 Å². The van der Waals surface area contributed by atoms with E-state index in [0.717, 1.165) is 0 Å². The predicted octanol–water partition coefficient (Wildman–Crippen LogP) is 3.03. The van der Waals surface area contributed by atoms with Gasteiger partial charge >= 0.3 is 5.97 Å². The van der Waals surface area contributed by atoms with Crippen LogP contribution in [0.1, 0.15) is 23.8 Å². The molecule has 24 heavy (non-hydrogen) atoms. The molecule has 1 fully saturated rings.